The van der Waals surface area contributed by atoms with Crippen LogP contribution >= 0.6 is 0 Å². The molecule has 43 heavy (non-hydrogen) atoms. The molecule has 3 saturated carbocycles. The van der Waals surface area contributed by atoms with E-state index in [1.165, 1.54) is 7.11 Å². The first-order valence-corrected chi connectivity index (χ1v) is 15.8. The molecule has 0 saturated heterocycles. The van der Waals surface area contributed by atoms with Crippen molar-refractivity contribution in [2.75, 3.05) is 7.11 Å². The van der Waals surface area contributed by atoms with Gasteiger partial charge in [0.15, 0.2) is 11.6 Å². The fourth-order valence-corrected chi connectivity index (χ4v) is 10.2. The SMILES string of the molecule is COC(=O)[C@@]12CCC3C(C(=O)C=C4[C@@]5(C)C=C(C#N)C(=O)[C@@](C)(NC(=O)OC(C)(C)C)C5CC[C@]43C)C1CC(C)(C)CC2. The predicted molar refractivity (Wildman–Crippen MR) is 160 cm³/mol. The lowest BCUT2D eigenvalue weighted by atomic mass is 9.39. The Bertz CT molecular complexity index is 1380. The number of alkyl carbamates (subject to hydrolysis) is 1. The van der Waals surface area contributed by atoms with Crippen LogP contribution in [0.3, 0.4) is 0 Å². The molecule has 0 aromatic rings. The number of hydrogen-bond donors (Lipinski definition) is 1. The van der Waals surface area contributed by atoms with Crippen LogP contribution in [0.5, 0.6) is 0 Å². The number of nitrogens with one attached hydrogen (secondary N) is 1. The molecule has 5 rings (SSSR count). The molecule has 0 aliphatic heterocycles. The first-order chi connectivity index (χ1) is 19.8. The number of Topliss-reactive ketones (excluding diaryl/α,β-unsaturated/α-hetero) is 1. The number of rotatable bonds is 2. The zero-order valence-corrected chi connectivity index (χ0v) is 27.3. The number of nitriles is 1. The molecule has 0 bridgehead atoms. The van der Waals surface area contributed by atoms with Crippen molar-refractivity contribution in [3.05, 3.63) is 23.3 Å². The normalized spacial score (nSPS) is 41.6. The second kappa shape index (κ2) is 9.78. The molecule has 1 amide bonds. The predicted octanol–water partition coefficient (Wildman–Crippen LogP) is 6.25. The zero-order valence-electron chi connectivity index (χ0n) is 27.3. The molecule has 8 heteroatoms. The van der Waals surface area contributed by atoms with Crippen molar-refractivity contribution in [1.29, 1.82) is 5.26 Å². The largest absolute Gasteiger partial charge is 0.469 e. The van der Waals surface area contributed by atoms with Gasteiger partial charge in [-0.15, -0.1) is 0 Å². The van der Waals surface area contributed by atoms with E-state index in [9.17, 15) is 24.4 Å². The van der Waals surface area contributed by atoms with Crippen LogP contribution < -0.4 is 5.32 Å². The highest BCUT2D eigenvalue weighted by Crippen LogP contribution is 2.69. The Morgan fingerprint density at radius 3 is 2.28 bits per heavy atom. The highest BCUT2D eigenvalue weighted by atomic mass is 16.6. The van der Waals surface area contributed by atoms with Gasteiger partial charge in [0.2, 0.25) is 0 Å². The van der Waals surface area contributed by atoms with Crippen molar-refractivity contribution >= 4 is 23.6 Å². The van der Waals surface area contributed by atoms with Crippen LogP contribution in [0.4, 0.5) is 4.79 Å². The molecule has 8 nitrogen and oxygen atoms in total. The van der Waals surface area contributed by atoms with Crippen LogP contribution in [-0.4, -0.2) is 41.9 Å². The van der Waals surface area contributed by atoms with E-state index in [1.54, 1.807) is 39.8 Å². The first-order valence-electron chi connectivity index (χ1n) is 15.8. The van der Waals surface area contributed by atoms with Gasteiger partial charge >= 0.3 is 12.1 Å². The van der Waals surface area contributed by atoms with Gasteiger partial charge in [-0.3, -0.25) is 14.4 Å². The van der Waals surface area contributed by atoms with Crippen molar-refractivity contribution in [2.24, 2.45) is 45.3 Å². The van der Waals surface area contributed by atoms with Gasteiger partial charge in [-0.2, -0.15) is 5.26 Å². The van der Waals surface area contributed by atoms with Crippen LogP contribution in [0, 0.1) is 56.7 Å². The highest BCUT2D eigenvalue weighted by Gasteiger charge is 2.68. The lowest BCUT2D eigenvalue weighted by Gasteiger charge is -2.64. The third-order valence-corrected chi connectivity index (χ3v) is 12.1. The molecule has 0 radical (unpaired) electrons. The standard InChI is InChI=1S/C35H48N2O6/c1-30(2,3)43-29(41)37-34(8)24-11-12-32(6)21-10-13-35(28(40)42-9)15-14-31(4,5)18-22(35)26(21)23(38)16-25(32)33(24,7)17-20(19-36)27(34)39/h16-17,21-22,24,26H,10-15,18H2,1-9H3,(H,37,41)/t21?,22?,24?,26?,32-,33-,34-,35+/m0/s1. The molecular formula is C35H48N2O6. The van der Waals surface area contributed by atoms with Crippen molar-refractivity contribution in [3.63, 3.8) is 0 Å². The van der Waals surface area contributed by atoms with Crippen LogP contribution in [0.1, 0.15) is 100 Å². The van der Waals surface area contributed by atoms with Gasteiger partial charge in [0.05, 0.1) is 18.1 Å². The van der Waals surface area contributed by atoms with Crippen LogP contribution in [0.15, 0.2) is 23.3 Å². The number of methoxy groups -OCH3 is 1. The third kappa shape index (κ3) is 4.59. The summed E-state index contributed by atoms with van der Waals surface area (Å²) in [4.78, 5) is 54.6. The molecule has 0 aromatic heterocycles. The average Bonchev–Trinajstić information content (AvgIpc) is 2.89. The second-order valence-electron chi connectivity index (χ2n) is 16.4. The molecule has 234 valence electrons. The minimum absolute atomic E-state index is 0.0144. The number of ether oxygens (including phenoxy) is 2. The average molecular weight is 593 g/mol. The van der Waals surface area contributed by atoms with E-state index in [0.717, 1.165) is 37.7 Å². The Balaban J connectivity index is 1.61. The van der Waals surface area contributed by atoms with Gasteiger partial charge in [-0.25, -0.2) is 4.79 Å². The maximum Gasteiger partial charge on any atom is 0.408 e. The molecule has 5 aliphatic rings. The Labute approximate surface area is 256 Å². The fourth-order valence-electron chi connectivity index (χ4n) is 10.2. The van der Waals surface area contributed by atoms with Crippen LogP contribution in [0.25, 0.3) is 0 Å². The summed E-state index contributed by atoms with van der Waals surface area (Å²) in [6.07, 6.45) is 8.03. The summed E-state index contributed by atoms with van der Waals surface area (Å²) in [5.41, 5.74) is -3.06. The highest BCUT2D eigenvalue weighted by molar-refractivity contribution is 6.08. The van der Waals surface area contributed by atoms with Crippen LogP contribution in [0.2, 0.25) is 0 Å². The summed E-state index contributed by atoms with van der Waals surface area (Å²) in [5.74, 6) is -1.35. The van der Waals surface area contributed by atoms with Crippen molar-refractivity contribution in [1.82, 2.24) is 5.32 Å². The summed E-state index contributed by atoms with van der Waals surface area (Å²) >= 11 is 0. The summed E-state index contributed by atoms with van der Waals surface area (Å²) in [5, 5.41) is 13.0. The first kappa shape index (κ1) is 31.5. The van der Waals surface area contributed by atoms with E-state index in [2.05, 4.69) is 32.2 Å². The number of allylic oxidation sites excluding steroid dienone is 3. The van der Waals surface area contributed by atoms with Gasteiger partial charge in [0, 0.05) is 17.3 Å². The molecule has 0 heterocycles. The molecule has 0 spiro atoms. The number of carbonyl (C=O) groups is 4. The number of amides is 1. The molecule has 8 atom stereocenters. The van der Waals surface area contributed by atoms with Gasteiger partial charge in [0.25, 0.3) is 0 Å². The van der Waals surface area contributed by atoms with Gasteiger partial charge in [-0.05, 0) is 101 Å². The number of hydrogen-bond acceptors (Lipinski definition) is 7. The Hall–Kier alpha value is -2.95. The van der Waals surface area contributed by atoms with Crippen LogP contribution in [-0.2, 0) is 23.9 Å². The molecule has 5 aliphatic carbocycles. The van der Waals surface area contributed by atoms with Gasteiger partial charge < -0.3 is 14.8 Å². The number of ketones is 2. The topological polar surface area (TPSA) is 123 Å². The van der Waals surface area contributed by atoms with Crippen molar-refractivity contribution < 1.29 is 28.7 Å². The summed E-state index contributed by atoms with van der Waals surface area (Å²) in [6, 6.07) is 2.09. The number of nitrogens with zero attached hydrogens (tertiary/aromatic N) is 1. The van der Waals surface area contributed by atoms with E-state index >= 15 is 0 Å². The number of fused-ring (bicyclic) bond motifs is 7. The van der Waals surface area contributed by atoms with Crippen molar-refractivity contribution in [2.45, 2.75) is 111 Å². The molecule has 3 fully saturated rings. The Morgan fingerprint density at radius 1 is 1.00 bits per heavy atom. The van der Waals surface area contributed by atoms with Gasteiger partial charge in [0.1, 0.15) is 17.2 Å². The molecular weight excluding hydrogens is 544 g/mol. The van der Waals surface area contributed by atoms with E-state index in [-0.39, 0.29) is 51.8 Å². The smallest absolute Gasteiger partial charge is 0.408 e. The Morgan fingerprint density at radius 2 is 1.67 bits per heavy atom. The summed E-state index contributed by atoms with van der Waals surface area (Å²) in [6.45, 7) is 15.7. The number of carbonyl (C=O) groups excluding carboxylic acids is 4. The minimum Gasteiger partial charge on any atom is -0.469 e. The van der Waals surface area contributed by atoms with E-state index in [0.29, 0.717) is 12.8 Å². The van der Waals surface area contributed by atoms with E-state index in [4.69, 9.17) is 9.47 Å². The van der Waals surface area contributed by atoms with E-state index < -0.39 is 33.8 Å². The maximum absolute atomic E-state index is 14.4. The summed E-state index contributed by atoms with van der Waals surface area (Å²) in [7, 11) is 1.45. The van der Waals surface area contributed by atoms with Gasteiger partial charge in [-0.1, -0.05) is 39.3 Å². The number of esters is 1. The summed E-state index contributed by atoms with van der Waals surface area (Å²) < 4.78 is 10.9. The molecule has 0 aromatic carbocycles. The van der Waals surface area contributed by atoms with E-state index in [1.807, 2.05) is 6.92 Å². The monoisotopic (exact) mass is 592 g/mol. The molecule has 1 N–H and O–H groups in total. The third-order valence-electron chi connectivity index (χ3n) is 12.1. The Kier molecular flexibility index (Phi) is 7.16. The lowest BCUT2D eigenvalue weighted by molar-refractivity contribution is -0.178. The minimum atomic E-state index is -1.39. The second-order valence-corrected chi connectivity index (χ2v) is 16.4. The maximum atomic E-state index is 14.4. The zero-order chi connectivity index (χ0) is 32.0. The van der Waals surface area contributed by atoms with Crippen molar-refractivity contribution in [3.8, 4) is 6.07 Å². The fraction of sp³-hybridized carbons (Fsp3) is 0.743. The lowest BCUT2D eigenvalue weighted by Crippen LogP contribution is -2.67. The molecule has 4 unspecified atom stereocenters. The quantitative estimate of drug-likeness (QED) is 0.376.